The number of benzene rings is 1. The Balaban J connectivity index is 1.89. The predicted octanol–water partition coefficient (Wildman–Crippen LogP) is 2.87. The lowest BCUT2D eigenvalue weighted by molar-refractivity contribution is -0.154. The lowest BCUT2D eigenvalue weighted by Gasteiger charge is -2.29. The Bertz CT molecular complexity index is 570. The summed E-state index contributed by atoms with van der Waals surface area (Å²) >= 11 is 0. The number of Topliss-reactive ketones (excluding diaryl/α,β-unsaturated/α-hetero) is 1. The number of carbonyl (C=O) groups is 2. The van der Waals surface area contributed by atoms with E-state index in [0.717, 1.165) is 0 Å². The summed E-state index contributed by atoms with van der Waals surface area (Å²) in [5.74, 6) is 0.340. The van der Waals surface area contributed by atoms with Crippen LogP contribution in [0.3, 0.4) is 0 Å². The van der Waals surface area contributed by atoms with Crippen molar-refractivity contribution in [3.63, 3.8) is 0 Å². The van der Waals surface area contributed by atoms with Crippen LogP contribution in [-0.4, -0.2) is 17.9 Å². The molecule has 0 saturated heterocycles. The largest absolute Gasteiger partial charge is 0.461 e. The van der Waals surface area contributed by atoms with Gasteiger partial charge in [-0.3, -0.25) is 9.59 Å². The number of rotatable bonds is 2. The Hall–Kier alpha value is -1.64. The van der Waals surface area contributed by atoms with Crippen LogP contribution in [0.2, 0.25) is 0 Å². The minimum atomic E-state index is -0.553. The molecule has 3 rings (SSSR count). The normalized spacial score (nSPS) is 33.7. The van der Waals surface area contributed by atoms with Crippen molar-refractivity contribution >= 4 is 11.8 Å². The second-order valence-electron chi connectivity index (χ2n) is 6.66. The lowest BCUT2D eigenvalue weighted by Crippen LogP contribution is -2.37. The van der Waals surface area contributed by atoms with Gasteiger partial charge in [0.05, 0.1) is 5.41 Å². The van der Waals surface area contributed by atoms with Gasteiger partial charge in [-0.2, -0.15) is 0 Å². The highest BCUT2D eigenvalue weighted by Gasteiger charge is 2.71. The molecule has 1 aromatic carbocycles. The third-order valence-electron chi connectivity index (χ3n) is 4.83. The van der Waals surface area contributed by atoms with E-state index in [4.69, 9.17) is 4.74 Å². The van der Waals surface area contributed by atoms with Gasteiger partial charge in [-0.05, 0) is 26.3 Å². The molecule has 2 aliphatic carbocycles. The Kier molecular flexibility index (Phi) is 2.79. The molecule has 0 aliphatic heterocycles. The van der Waals surface area contributed by atoms with Crippen molar-refractivity contribution in [2.45, 2.75) is 39.7 Å². The van der Waals surface area contributed by atoms with Gasteiger partial charge in [-0.15, -0.1) is 0 Å². The van der Waals surface area contributed by atoms with Crippen molar-refractivity contribution < 1.29 is 14.3 Å². The molecular weight excluding hydrogens is 252 g/mol. The van der Waals surface area contributed by atoms with E-state index in [2.05, 4.69) is 24.3 Å². The zero-order chi connectivity index (χ0) is 14.7. The zero-order valence-electron chi connectivity index (χ0n) is 12.3. The summed E-state index contributed by atoms with van der Waals surface area (Å²) in [6.07, 6.45) is -0.288. The molecule has 3 nitrogen and oxygen atoms in total. The number of ketones is 1. The number of esters is 1. The Morgan fingerprint density at radius 3 is 2.30 bits per heavy atom. The van der Waals surface area contributed by atoms with E-state index in [1.807, 2.05) is 20.8 Å². The summed E-state index contributed by atoms with van der Waals surface area (Å²) in [6, 6.07) is 8.31. The topological polar surface area (TPSA) is 43.4 Å². The number of hydrogen-bond acceptors (Lipinski definition) is 3. The Morgan fingerprint density at radius 1 is 1.15 bits per heavy atom. The van der Waals surface area contributed by atoms with E-state index in [1.54, 1.807) is 0 Å². The quantitative estimate of drug-likeness (QED) is 0.777. The van der Waals surface area contributed by atoms with E-state index >= 15 is 0 Å². The van der Waals surface area contributed by atoms with Gasteiger partial charge in [-0.25, -0.2) is 0 Å². The molecule has 0 heterocycles. The second kappa shape index (κ2) is 4.18. The molecule has 20 heavy (non-hydrogen) atoms. The third-order valence-corrected chi connectivity index (χ3v) is 4.83. The molecule has 0 bridgehead atoms. The summed E-state index contributed by atoms with van der Waals surface area (Å²) in [5.41, 5.74) is 1.84. The maximum atomic E-state index is 12.5. The maximum absolute atomic E-state index is 12.5. The predicted molar refractivity (Wildman–Crippen MR) is 75.2 cm³/mol. The third kappa shape index (κ3) is 1.80. The Morgan fingerprint density at radius 2 is 1.75 bits per heavy atom. The minimum Gasteiger partial charge on any atom is -0.461 e. The van der Waals surface area contributed by atoms with Gasteiger partial charge in [0.1, 0.15) is 11.9 Å². The number of hydrogen-bond donors (Lipinski definition) is 0. The highest BCUT2D eigenvalue weighted by atomic mass is 16.5. The Labute approximate surface area is 119 Å². The number of aryl methyl sites for hydroxylation is 1. The number of ether oxygens (including phenoxy) is 1. The lowest BCUT2D eigenvalue weighted by atomic mass is 9.81. The van der Waals surface area contributed by atoms with Gasteiger partial charge in [0, 0.05) is 24.7 Å². The summed E-state index contributed by atoms with van der Waals surface area (Å²) in [7, 11) is 0. The van der Waals surface area contributed by atoms with Gasteiger partial charge in [-0.1, -0.05) is 29.8 Å². The second-order valence-corrected chi connectivity index (χ2v) is 6.66. The van der Waals surface area contributed by atoms with Crippen LogP contribution in [0, 0.1) is 24.2 Å². The van der Waals surface area contributed by atoms with Gasteiger partial charge in [0.25, 0.3) is 0 Å². The first-order valence-corrected chi connectivity index (χ1v) is 7.12. The van der Waals surface area contributed by atoms with Crippen molar-refractivity contribution in [3.8, 4) is 0 Å². The molecule has 0 aromatic heterocycles. The highest BCUT2D eigenvalue weighted by molar-refractivity contribution is 5.95. The van der Waals surface area contributed by atoms with E-state index in [-0.39, 0.29) is 35.6 Å². The van der Waals surface area contributed by atoms with Gasteiger partial charge < -0.3 is 4.74 Å². The van der Waals surface area contributed by atoms with Crippen molar-refractivity contribution in [2.24, 2.45) is 17.3 Å². The van der Waals surface area contributed by atoms with Crippen LogP contribution >= 0.6 is 0 Å². The summed E-state index contributed by atoms with van der Waals surface area (Å²) in [5, 5.41) is 0. The van der Waals surface area contributed by atoms with Crippen molar-refractivity contribution in [1.82, 2.24) is 0 Å². The minimum absolute atomic E-state index is 0.0251. The van der Waals surface area contributed by atoms with Crippen LogP contribution in [0.15, 0.2) is 24.3 Å². The molecule has 0 N–H and O–H groups in total. The fourth-order valence-electron chi connectivity index (χ4n) is 3.72. The van der Waals surface area contributed by atoms with Crippen LogP contribution in [0.4, 0.5) is 0 Å². The molecule has 0 radical (unpaired) electrons. The smallest absolute Gasteiger partial charge is 0.302 e. The molecule has 4 atom stereocenters. The first-order chi connectivity index (χ1) is 9.34. The molecule has 2 saturated carbocycles. The van der Waals surface area contributed by atoms with E-state index < -0.39 is 5.41 Å². The van der Waals surface area contributed by atoms with Gasteiger partial charge in [0.2, 0.25) is 0 Å². The summed E-state index contributed by atoms with van der Waals surface area (Å²) in [4.78, 5) is 23.8. The molecular formula is C17H20O3. The molecule has 3 heteroatoms. The van der Waals surface area contributed by atoms with Crippen molar-refractivity contribution in [3.05, 3.63) is 35.4 Å². The van der Waals surface area contributed by atoms with Crippen LogP contribution in [0.1, 0.15) is 37.8 Å². The van der Waals surface area contributed by atoms with E-state index in [0.29, 0.717) is 0 Å². The average molecular weight is 272 g/mol. The molecule has 0 amide bonds. The maximum Gasteiger partial charge on any atom is 0.302 e. The van der Waals surface area contributed by atoms with Crippen LogP contribution in [-0.2, 0) is 14.3 Å². The SMILES string of the molecule is CC(=O)O[C@H]1[C@H]2[C@@H](C(=O)C1(C)C)[C@H]2c1ccc(C)cc1. The molecule has 1 aromatic rings. The van der Waals surface area contributed by atoms with Crippen molar-refractivity contribution in [1.29, 1.82) is 0 Å². The number of carbonyl (C=O) groups excluding carboxylic acids is 2. The monoisotopic (exact) mass is 272 g/mol. The first-order valence-electron chi connectivity index (χ1n) is 7.12. The summed E-state index contributed by atoms with van der Waals surface area (Å²) < 4.78 is 5.47. The highest BCUT2D eigenvalue weighted by Crippen LogP contribution is 2.67. The fraction of sp³-hybridized carbons (Fsp3) is 0.529. The van der Waals surface area contributed by atoms with Crippen LogP contribution < -0.4 is 0 Å². The fourth-order valence-corrected chi connectivity index (χ4v) is 3.72. The first kappa shape index (κ1) is 13.3. The van der Waals surface area contributed by atoms with Crippen molar-refractivity contribution in [2.75, 3.05) is 0 Å². The molecule has 0 unspecified atom stereocenters. The molecule has 106 valence electrons. The average Bonchev–Trinajstić information content (AvgIpc) is 3.05. The van der Waals surface area contributed by atoms with E-state index in [9.17, 15) is 9.59 Å². The van der Waals surface area contributed by atoms with Crippen LogP contribution in [0.25, 0.3) is 0 Å². The van der Waals surface area contributed by atoms with Gasteiger partial charge in [0.15, 0.2) is 0 Å². The van der Waals surface area contributed by atoms with E-state index in [1.165, 1.54) is 18.1 Å². The zero-order valence-corrected chi connectivity index (χ0v) is 12.3. The molecule has 2 aliphatic rings. The molecule has 2 fully saturated rings. The van der Waals surface area contributed by atoms with Crippen LogP contribution in [0.5, 0.6) is 0 Å². The standard InChI is InChI=1S/C17H20O3/c1-9-5-7-11(8-6-9)12-13-14(12)16(20-10(2)18)17(3,4)15(13)19/h5-8,12-14,16H,1-4H3/t12-,13+,14-,16+/m1/s1. The van der Waals surface area contributed by atoms with Gasteiger partial charge >= 0.3 is 5.97 Å². The summed E-state index contributed by atoms with van der Waals surface area (Å²) in [6.45, 7) is 7.24. The number of fused-ring (bicyclic) bond motifs is 1. The molecule has 0 spiro atoms.